The molecule has 5 heteroatoms. The normalized spacial score (nSPS) is 11.7. The van der Waals surface area contributed by atoms with Gasteiger partial charge in [0.15, 0.2) is 0 Å². The van der Waals surface area contributed by atoms with Gasteiger partial charge in [0.2, 0.25) is 0 Å². The largest absolute Gasteiger partial charge is 2.00 e. The first-order valence-corrected chi connectivity index (χ1v) is 32.9. The molecule has 0 spiro atoms. The molecule has 0 aliphatic carbocycles. The Morgan fingerprint density at radius 3 is 1.12 bits per heavy atom. The predicted molar refractivity (Wildman–Crippen MR) is 335 cm³/mol. The van der Waals surface area contributed by atoms with Crippen LogP contribution >= 0.6 is 0 Å². The number of unbranched alkanes of at least 4 members (excludes halogenated alkanes) is 34. The minimum Gasteiger partial charge on any atom is -0.873 e. The Morgan fingerprint density at radius 2 is 0.727 bits per heavy atom. The van der Waals surface area contributed by atoms with Gasteiger partial charge in [-0.25, -0.2) is 4.99 Å². The van der Waals surface area contributed by atoms with Gasteiger partial charge in [-0.05, 0) is 123 Å². The van der Waals surface area contributed by atoms with Crippen LogP contribution in [0.1, 0.15) is 320 Å². The Balaban J connectivity index is 0.00000240. The molecule has 0 fully saturated rings. The maximum absolute atomic E-state index is 10.9. The maximum Gasteiger partial charge on any atom is 2.00 e. The Hall–Kier alpha value is -3.17. The molecule has 0 heterocycles. The van der Waals surface area contributed by atoms with Gasteiger partial charge in [0, 0.05) is 0 Å². The van der Waals surface area contributed by atoms with E-state index in [2.05, 4.69) is 83.2 Å². The van der Waals surface area contributed by atoms with Gasteiger partial charge < -0.3 is 10.2 Å². The first kappa shape index (κ1) is 71.8. The molecule has 0 amide bonds. The second-order valence-corrected chi connectivity index (χ2v) is 22.7. The fourth-order valence-electron chi connectivity index (χ4n) is 10.6. The Morgan fingerprint density at radius 1 is 0.377 bits per heavy atom. The van der Waals surface area contributed by atoms with Crippen LogP contribution < -0.4 is 10.2 Å². The number of hydrogen-bond donors (Lipinski definition) is 0. The van der Waals surface area contributed by atoms with E-state index in [1.54, 1.807) is 12.1 Å². The molecule has 0 aromatic heterocycles. The number of rotatable bonds is 48. The molecule has 3 rings (SSSR count). The van der Waals surface area contributed by atoms with E-state index >= 15 is 0 Å². The predicted octanol–water partition coefficient (Wildman–Crippen LogP) is 22.6. The number of hydrogen-bond acceptors (Lipinski definition) is 4. The van der Waals surface area contributed by atoms with E-state index in [0.717, 1.165) is 36.3 Å². The molecule has 3 aromatic carbocycles. The van der Waals surface area contributed by atoms with E-state index in [0.29, 0.717) is 12.0 Å². The van der Waals surface area contributed by atoms with Gasteiger partial charge >= 0.3 is 16.5 Å². The molecule has 0 saturated heterocycles. The van der Waals surface area contributed by atoms with E-state index in [4.69, 9.17) is 9.98 Å². The van der Waals surface area contributed by atoms with E-state index in [1.807, 2.05) is 13.1 Å². The molecule has 0 aliphatic rings. The van der Waals surface area contributed by atoms with Gasteiger partial charge in [-0.1, -0.05) is 295 Å². The summed E-state index contributed by atoms with van der Waals surface area (Å²) < 4.78 is 0. The zero-order valence-electron chi connectivity index (χ0n) is 51.1. The van der Waals surface area contributed by atoms with Crippen molar-refractivity contribution < 1.29 is 26.7 Å². The molecule has 0 radical (unpaired) electrons. The van der Waals surface area contributed by atoms with Crippen LogP contribution in [0.25, 0.3) is 0 Å². The van der Waals surface area contributed by atoms with Crippen molar-refractivity contribution in [1.82, 2.24) is 0 Å². The van der Waals surface area contributed by atoms with Gasteiger partial charge in [0.1, 0.15) is 0 Å². The molecular formula is C72H118N2NiO2. The van der Waals surface area contributed by atoms with Crippen molar-refractivity contribution in [3.63, 3.8) is 0 Å². The van der Waals surface area contributed by atoms with Crippen LogP contribution in [-0.2, 0) is 48.6 Å². The standard InChI is InChI=1S/C64H110N2.C8H10O2.Ni/c1-6-11-16-17-18-19-20-21-22-23-24-25-26-27-28-29-30-31-32-33-34-35-36-37-38-39-40-45-50-64(66-63-54-52-59(47-42-13-8-3)61(56-63)49-44-15-10-5)57-65-62-53-51-58(46-41-12-7-2)60(55-62)48-43-14-9-4;1-2-6-4-3-5-7(9)8(6)10;/h45,50-57H,6-44,46-49H2,1-5H3;3-5,9-10H,2H2,1H3;/q;;+2/p-2. The first-order chi connectivity index (χ1) is 37.4. The average molecular weight is 1100 g/mol. The fraction of sp³-hybridized carbons (Fsp3) is 0.694. The number of benzene rings is 3. The SMILES string of the molecule is CCCCCCCCCCCCCCCCCCCCCCCCCCCCC=CC(C=Nc1ccc(CCCCC)c(CCCCC)c1)=Nc1ccc(CCCCC)c(CCCCC)c1.CCc1cccc([O-])c1[O-].[Ni+2]. The molecule has 0 atom stereocenters. The van der Waals surface area contributed by atoms with Crippen molar-refractivity contribution in [2.45, 2.75) is 324 Å². The molecule has 0 N–H and O–H groups in total. The van der Waals surface area contributed by atoms with Crippen LogP contribution in [0.2, 0.25) is 0 Å². The van der Waals surface area contributed by atoms with Crippen molar-refractivity contribution in [2.24, 2.45) is 9.98 Å². The minimum absolute atomic E-state index is 0. The zero-order valence-corrected chi connectivity index (χ0v) is 52.1. The molecule has 0 aliphatic heterocycles. The van der Waals surface area contributed by atoms with Crippen molar-refractivity contribution in [3.05, 3.63) is 94.6 Å². The van der Waals surface area contributed by atoms with Gasteiger partial charge in [-0.2, -0.15) is 0 Å². The summed E-state index contributed by atoms with van der Waals surface area (Å²) in [6, 6.07) is 18.6. The summed E-state index contributed by atoms with van der Waals surface area (Å²) in [5.74, 6) is -0.760. The molecule has 0 bridgehead atoms. The molecule has 0 unspecified atom stereocenters. The third kappa shape index (κ3) is 38.2. The third-order valence-corrected chi connectivity index (χ3v) is 15.6. The summed E-state index contributed by atoms with van der Waals surface area (Å²) in [6.45, 7) is 13.4. The Kier molecular flexibility index (Phi) is 48.7. The topological polar surface area (TPSA) is 70.8 Å². The Labute approximate surface area is 487 Å². The molecule has 438 valence electrons. The van der Waals surface area contributed by atoms with E-state index in [-0.39, 0.29) is 22.2 Å². The number of aryl methyl sites for hydroxylation is 5. The molecule has 77 heavy (non-hydrogen) atoms. The summed E-state index contributed by atoms with van der Waals surface area (Å²) >= 11 is 0. The van der Waals surface area contributed by atoms with Gasteiger partial charge in [0.25, 0.3) is 0 Å². The zero-order chi connectivity index (χ0) is 54.8. The van der Waals surface area contributed by atoms with Crippen LogP contribution in [-0.4, -0.2) is 11.9 Å². The fourth-order valence-corrected chi connectivity index (χ4v) is 10.6. The van der Waals surface area contributed by atoms with Crippen LogP contribution in [0, 0.1) is 0 Å². The molecular weight excluding hydrogens is 983 g/mol. The number of allylic oxidation sites excluding steroid dienone is 2. The van der Waals surface area contributed by atoms with Crippen molar-refractivity contribution in [2.75, 3.05) is 0 Å². The summed E-state index contributed by atoms with van der Waals surface area (Å²) in [5.41, 5.74) is 9.75. The van der Waals surface area contributed by atoms with Crippen molar-refractivity contribution in [3.8, 4) is 11.5 Å². The summed E-state index contributed by atoms with van der Waals surface area (Å²) in [6.07, 6.45) is 65.8. The molecule has 4 nitrogen and oxygen atoms in total. The van der Waals surface area contributed by atoms with Crippen molar-refractivity contribution in [1.29, 1.82) is 0 Å². The number of nitrogens with zero attached hydrogens (tertiary/aromatic N) is 2. The smallest absolute Gasteiger partial charge is 0.873 e. The van der Waals surface area contributed by atoms with E-state index < -0.39 is 5.75 Å². The first-order valence-electron chi connectivity index (χ1n) is 32.9. The summed E-state index contributed by atoms with van der Waals surface area (Å²) in [4.78, 5) is 10.4. The summed E-state index contributed by atoms with van der Waals surface area (Å²) in [5, 5.41) is 21.6. The summed E-state index contributed by atoms with van der Waals surface area (Å²) in [7, 11) is 0. The molecule has 3 aromatic rings. The van der Waals surface area contributed by atoms with Crippen LogP contribution in [0.5, 0.6) is 11.5 Å². The average Bonchev–Trinajstić information content (AvgIpc) is 3.43. The van der Waals surface area contributed by atoms with Gasteiger partial charge in [0.05, 0.1) is 23.3 Å². The number of para-hydroxylation sites is 1. The van der Waals surface area contributed by atoms with Crippen LogP contribution in [0.15, 0.2) is 76.7 Å². The molecule has 0 saturated carbocycles. The van der Waals surface area contributed by atoms with Gasteiger partial charge in [-0.3, -0.25) is 4.99 Å². The third-order valence-electron chi connectivity index (χ3n) is 15.6. The Bertz CT molecular complexity index is 1900. The van der Waals surface area contributed by atoms with E-state index in [1.165, 1.54) is 285 Å². The van der Waals surface area contributed by atoms with Crippen LogP contribution in [0.4, 0.5) is 11.4 Å². The van der Waals surface area contributed by atoms with E-state index in [9.17, 15) is 10.2 Å². The van der Waals surface area contributed by atoms with Gasteiger partial charge in [-0.15, -0.1) is 11.5 Å². The minimum atomic E-state index is -0.403. The second-order valence-electron chi connectivity index (χ2n) is 22.7. The van der Waals surface area contributed by atoms with Crippen LogP contribution in [0.3, 0.4) is 0 Å². The second kappa shape index (κ2) is 52.2. The maximum atomic E-state index is 10.9. The monoisotopic (exact) mass is 1100 g/mol. The quantitative estimate of drug-likeness (QED) is 0.0321. The number of aliphatic imine (C=N–C) groups is 2. The van der Waals surface area contributed by atoms with Crippen molar-refractivity contribution >= 4 is 23.3 Å².